The zero-order valence-corrected chi connectivity index (χ0v) is 14.3. The normalized spacial score (nSPS) is 15.6. The lowest BCUT2D eigenvalue weighted by Gasteiger charge is -2.09. The number of hydrogen-bond donors (Lipinski definition) is 4. The van der Waals surface area contributed by atoms with E-state index in [4.69, 9.17) is 25.7 Å². The minimum atomic E-state index is -0.254. The Morgan fingerprint density at radius 2 is 2.19 bits per heavy atom. The van der Waals surface area contributed by atoms with Gasteiger partial charge in [-0.3, -0.25) is 9.78 Å². The maximum absolute atomic E-state index is 12.0. The zero-order chi connectivity index (χ0) is 18.8. The van der Waals surface area contributed by atoms with Crippen molar-refractivity contribution in [2.45, 2.75) is 25.4 Å². The molecule has 0 unspecified atom stereocenters. The van der Waals surface area contributed by atoms with Gasteiger partial charge in [0.25, 0.3) is 5.91 Å². The second kappa shape index (κ2) is 10.0. The van der Waals surface area contributed by atoms with E-state index in [0.29, 0.717) is 24.5 Å². The van der Waals surface area contributed by atoms with Crippen LogP contribution in [0.25, 0.3) is 0 Å². The van der Waals surface area contributed by atoms with Gasteiger partial charge in [-0.15, -0.1) is 0 Å². The van der Waals surface area contributed by atoms with Crippen molar-refractivity contribution in [3.05, 3.63) is 41.9 Å². The Hall–Kier alpha value is -3.07. The topological polar surface area (TPSA) is 151 Å². The van der Waals surface area contributed by atoms with Crippen molar-refractivity contribution in [2.24, 2.45) is 0 Å². The summed E-state index contributed by atoms with van der Waals surface area (Å²) in [6, 6.07) is 3.57. The molecule has 9 nitrogen and oxygen atoms in total. The number of amides is 1. The minimum Gasteiger partial charge on any atom is -0.448 e. The number of nitrogens with one attached hydrogen (secondary N) is 3. The van der Waals surface area contributed by atoms with Gasteiger partial charge < -0.3 is 31.0 Å². The van der Waals surface area contributed by atoms with Crippen LogP contribution in [0, 0.1) is 10.8 Å². The molecule has 0 spiro atoms. The number of nitrogen functional groups attached to an aromatic ring is 1. The van der Waals surface area contributed by atoms with E-state index in [1.807, 2.05) is 0 Å². The second-order valence-electron chi connectivity index (χ2n) is 5.56. The lowest BCUT2D eigenvalue weighted by atomic mass is 10.2. The van der Waals surface area contributed by atoms with Crippen LogP contribution in [0.3, 0.4) is 0 Å². The number of nitrogens with two attached hydrogens (primary N) is 1. The number of carbonyl (C=O) groups is 1. The Balaban J connectivity index is 0.000000552. The molecular formula is C17H22N6O3. The van der Waals surface area contributed by atoms with E-state index < -0.39 is 0 Å². The molecule has 0 radical (unpaired) electrons. The Morgan fingerprint density at radius 1 is 1.38 bits per heavy atom. The molecule has 3 rings (SSSR count). The van der Waals surface area contributed by atoms with Gasteiger partial charge in [-0.1, -0.05) is 0 Å². The fourth-order valence-electron chi connectivity index (χ4n) is 2.29. The second-order valence-corrected chi connectivity index (χ2v) is 5.56. The summed E-state index contributed by atoms with van der Waals surface area (Å²) >= 11 is 0. The van der Waals surface area contributed by atoms with Gasteiger partial charge in [-0.25, -0.2) is 4.98 Å². The fraction of sp³-hybridized carbons (Fsp3) is 0.353. The van der Waals surface area contributed by atoms with Crippen molar-refractivity contribution in [3.63, 3.8) is 0 Å². The molecule has 2 aromatic rings. The van der Waals surface area contributed by atoms with Gasteiger partial charge in [-0.2, -0.15) is 0 Å². The number of pyridine rings is 1. The van der Waals surface area contributed by atoms with Crippen LogP contribution in [-0.2, 0) is 11.2 Å². The molecule has 138 valence electrons. The van der Waals surface area contributed by atoms with Crippen LogP contribution in [0.1, 0.15) is 34.9 Å². The number of aromatic nitrogens is 2. The van der Waals surface area contributed by atoms with Gasteiger partial charge in [0.05, 0.1) is 24.4 Å². The van der Waals surface area contributed by atoms with Crippen LogP contribution in [0.2, 0.25) is 0 Å². The van der Waals surface area contributed by atoms with Crippen molar-refractivity contribution in [2.75, 3.05) is 18.9 Å². The molecule has 0 saturated carbocycles. The molecule has 1 aliphatic heterocycles. The van der Waals surface area contributed by atoms with Crippen molar-refractivity contribution in [3.8, 4) is 0 Å². The summed E-state index contributed by atoms with van der Waals surface area (Å²) in [6.07, 6.45) is 7.31. The first kappa shape index (κ1) is 19.3. The SMILES string of the molecule is N=CC=N.Nc1ccc(Cc2nc(C(=O)NC[C@@H]3CCCO3)co2)nc1. The van der Waals surface area contributed by atoms with Crippen LogP contribution in [0.15, 0.2) is 29.0 Å². The molecule has 0 bridgehead atoms. The number of ether oxygens (including phenoxy) is 1. The Labute approximate surface area is 151 Å². The fourth-order valence-corrected chi connectivity index (χ4v) is 2.29. The van der Waals surface area contributed by atoms with E-state index in [0.717, 1.165) is 37.6 Å². The van der Waals surface area contributed by atoms with E-state index in [1.165, 1.54) is 6.26 Å². The molecule has 26 heavy (non-hydrogen) atoms. The van der Waals surface area contributed by atoms with E-state index in [2.05, 4.69) is 15.3 Å². The molecule has 0 aliphatic carbocycles. The standard InChI is InChI=1S/C15H18N4O3.C2H4N2/c16-10-3-4-11(17-7-10)6-14-19-13(9-22-14)15(20)18-8-12-2-1-5-21-12;3-1-2-4/h3-4,7,9,12H,1-2,5-6,8,16H2,(H,18,20);1-4H/t12-;/m0./s1. The number of carbonyl (C=O) groups excluding carboxylic acids is 1. The smallest absolute Gasteiger partial charge is 0.273 e. The van der Waals surface area contributed by atoms with Gasteiger partial charge in [0.15, 0.2) is 5.69 Å². The molecule has 2 aromatic heterocycles. The highest BCUT2D eigenvalue weighted by Crippen LogP contribution is 2.12. The molecule has 3 heterocycles. The first-order valence-electron chi connectivity index (χ1n) is 8.16. The minimum absolute atomic E-state index is 0.106. The lowest BCUT2D eigenvalue weighted by molar-refractivity contribution is 0.0853. The zero-order valence-electron chi connectivity index (χ0n) is 14.3. The molecule has 1 atom stereocenters. The Kier molecular flexibility index (Phi) is 7.44. The third-order valence-electron chi connectivity index (χ3n) is 3.56. The molecule has 0 aromatic carbocycles. The van der Waals surface area contributed by atoms with Crippen LogP contribution in [-0.4, -0.2) is 47.6 Å². The molecule has 1 saturated heterocycles. The third-order valence-corrected chi connectivity index (χ3v) is 3.56. The van der Waals surface area contributed by atoms with Gasteiger partial charge in [0.1, 0.15) is 6.26 Å². The number of rotatable bonds is 6. The van der Waals surface area contributed by atoms with Crippen LogP contribution in [0.4, 0.5) is 5.69 Å². The quantitative estimate of drug-likeness (QED) is 0.574. The highest BCUT2D eigenvalue weighted by molar-refractivity contribution is 6.12. The van der Waals surface area contributed by atoms with E-state index in [9.17, 15) is 4.79 Å². The molecular weight excluding hydrogens is 336 g/mol. The largest absolute Gasteiger partial charge is 0.448 e. The summed E-state index contributed by atoms with van der Waals surface area (Å²) in [5, 5.41) is 15.0. The molecule has 1 fully saturated rings. The average Bonchev–Trinajstić information content (AvgIpc) is 3.34. The third kappa shape index (κ3) is 6.10. The lowest BCUT2D eigenvalue weighted by Crippen LogP contribution is -2.31. The van der Waals surface area contributed by atoms with Gasteiger partial charge >= 0.3 is 0 Å². The number of nitrogens with zero attached hydrogens (tertiary/aromatic N) is 2. The summed E-state index contributed by atoms with van der Waals surface area (Å²) in [4.78, 5) is 20.3. The number of hydrogen-bond acceptors (Lipinski definition) is 8. The molecule has 5 N–H and O–H groups in total. The van der Waals surface area contributed by atoms with Crippen molar-refractivity contribution < 1.29 is 13.9 Å². The first-order chi connectivity index (χ1) is 12.6. The highest BCUT2D eigenvalue weighted by atomic mass is 16.5. The summed E-state index contributed by atoms with van der Waals surface area (Å²) in [6.45, 7) is 1.27. The summed E-state index contributed by atoms with van der Waals surface area (Å²) in [7, 11) is 0. The monoisotopic (exact) mass is 358 g/mol. The maximum atomic E-state index is 12.0. The van der Waals surface area contributed by atoms with Gasteiger partial charge in [0, 0.05) is 31.3 Å². The van der Waals surface area contributed by atoms with Crippen molar-refractivity contribution in [1.29, 1.82) is 10.8 Å². The molecule has 1 aliphatic rings. The predicted molar refractivity (Wildman–Crippen MR) is 96.8 cm³/mol. The van der Waals surface area contributed by atoms with Crippen LogP contribution in [0.5, 0.6) is 0 Å². The van der Waals surface area contributed by atoms with E-state index >= 15 is 0 Å². The Bertz CT molecular complexity index is 716. The van der Waals surface area contributed by atoms with Crippen molar-refractivity contribution in [1.82, 2.24) is 15.3 Å². The van der Waals surface area contributed by atoms with Crippen molar-refractivity contribution >= 4 is 24.0 Å². The van der Waals surface area contributed by atoms with Crippen LogP contribution < -0.4 is 11.1 Å². The summed E-state index contributed by atoms with van der Waals surface area (Å²) in [5.74, 6) is 0.190. The van der Waals surface area contributed by atoms with E-state index in [1.54, 1.807) is 18.3 Å². The van der Waals surface area contributed by atoms with E-state index in [-0.39, 0.29) is 17.7 Å². The summed E-state index contributed by atoms with van der Waals surface area (Å²) < 4.78 is 10.8. The Morgan fingerprint density at radius 3 is 2.81 bits per heavy atom. The van der Waals surface area contributed by atoms with Gasteiger partial charge in [0.2, 0.25) is 5.89 Å². The molecule has 1 amide bonds. The highest BCUT2D eigenvalue weighted by Gasteiger charge is 2.18. The number of anilines is 1. The van der Waals surface area contributed by atoms with Crippen LogP contribution >= 0.6 is 0 Å². The first-order valence-corrected chi connectivity index (χ1v) is 8.16. The maximum Gasteiger partial charge on any atom is 0.273 e. The van der Waals surface area contributed by atoms with Gasteiger partial charge in [-0.05, 0) is 25.0 Å². The predicted octanol–water partition coefficient (Wildman–Crippen LogP) is 1.44. The average molecular weight is 358 g/mol. The number of oxazole rings is 1. The molecule has 9 heteroatoms. The summed E-state index contributed by atoms with van der Waals surface area (Å²) in [5.41, 5.74) is 7.23.